The van der Waals surface area contributed by atoms with Gasteiger partial charge in [0.05, 0.1) is 24.9 Å². The molecule has 0 bridgehead atoms. The van der Waals surface area contributed by atoms with E-state index in [-0.39, 0.29) is 11.7 Å². The second-order valence-corrected chi connectivity index (χ2v) is 6.36. The Kier molecular flexibility index (Phi) is 4.22. The summed E-state index contributed by atoms with van der Waals surface area (Å²) >= 11 is 0. The van der Waals surface area contributed by atoms with Gasteiger partial charge >= 0.3 is 0 Å². The molecule has 4 rings (SSSR count). The number of nitrogens with zero attached hydrogens (tertiary/aromatic N) is 1. The molecule has 0 fully saturated rings. The number of aromatic nitrogens is 1. The Morgan fingerprint density at radius 3 is 2.69 bits per heavy atom. The fraction of sp³-hybridized carbons (Fsp3) is 0.190. The molecule has 2 aromatic carbocycles. The summed E-state index contributed by atoms with van der Waals surface area (Å²) in [6.45, 7) is 2.41. The number of hydrogen-bond acceptors (Lipinski definition) is 4. The summed E-state index contributed by atoms with van der Waals surface area (Å²) in [5, 5.41) is 1.08. The highest BCUT2D eigenvalue weighted by Crippen LogP contribution is 2.23. The summed E-state index contributed by atoms with van der Waals surface area (Å²) in [6, 6.07) is 17.4. The number of pyridine rings is 1. The fourth-order valence-electron chi connectivity index (χ4n) is 3.28. The number of hydrogen-bond donors (Lipinski definition) is 1. The van der Waals surface area contributed by atoms with Gasteiger partial charge in [0.1, 0.15) is 11.9 Å². The van der Waals surface area contributed by atoms with E-state index in [0.717, 1.165) is 33.5 Å². The van der Waals surface area contributed by atoms with Crippen LogP contribution in [0.15, 0.2) is 65.5 Å². The second kappa shape index (κ2) is 6.69. The van der Waals surface area contributed by atoms with Crippen molar-refractivity contribution in [3.8, 4) is 5.75 Å². The molecule has 26 heavy (non-hydrogen) atoms. The summed E-state index contributed by atoms with van der Waals surface area (Å²) in [5.74, 6) is 0.808. The Labute approximate surface area is 151 Å². The quantitative estimate of drug-likeness (QED) is 0.786. The third kappa shape index (κ3) is 2.97. The van der Waals surface area contributed by atoms with Gasteiger partial charge in [-0.3, -0.25) is 15.1 Å². The van der Waals surface area contributed by atoms with Crippen molar-refractivity contribution in [2.24, 2.45) is 0 Å². The number of ether oxygens (including phenoxy) is 1. The molecule has 1 aliphatic heterocycles. The van der Waals surface area contributed by atoms with Crippen molar-refractivity contribution in [3.05, 3.63) is 82.2 Å². The van der Waals surface area contributed by atoms with Gasteiger partial charge in [-0.15, -0.1) is 0 Å². The molecule has 1 aliphatic rings. The van der Waals surface area contributed by atoms with E-state index in [4.69, 9.17) is 9.57 Å². The molecule has 3 aromatic rings. The molecule has 1 aromatic heterocycles. The zero-order valence-electron chi connectivity index (χ0n) is 14.7. The standard InChI is InChI=1S/C21H20N2O3/c1-14-11-21(24)23(20-6-4-3-5-18(14)20)13-17-12-19(22-26-17)15-7-9-16(25-2)10-8-15/h3-12,17,22H,13H2,1-2H3/t17-/m1/s1. The third-order valence-electron chi connectivity index (χ3n) is 4.66. The van der Waals surface area contributed by atoms with Gasteiger partial charge < -0.3 is 9.30 Å². The Bertz CT molecular complexity index is 1040. The van der Waals surface area contributed by atoms with Gasteiger partial charge in [-0.25, -0.2) is 0 Å². The van der Waals surface area contributed by atoms with Crippen LogP contribution in [-0.4, -0.2) is 17.8 Å². The van der Waals surface area contributed by atoms with Gasteiger partial charge in [-0.1, -0.05) is 18.2 Å². The maximum Gasteiger partial charge on any atom is 0.251 e. The highest BCUT2D eigenvalue weighted by atomic mass is 16.7. The fourth-order valence-corrected chi connectivity index (χ4v) is 3.28. The van der Waals surface area contributed by atoms with Crippen molar-refractivity contribution < 1.29 is 9.57 Å². The van der Waals surface area contributed by atoms with Crippen molar-refractivity contribution in [3.63, 3.8) is 0 Å². The molecule has 0 saturated heterocycles. The summed E-state index contributed by atoms with van der Waals surface area (Å²) in [4.78, 5) is 18.2. The van der Waals surface area contributed by atoms with Crippen LogP contribution in [0.1, 0.15) is 11.1 Å². The minimum atomic E-state index is -0.226. The Morgan fingerprint density at radius 1 is 1.15 bits per heavy atom. The van der Waals surface area contributed by atoms with E-state index in [1.54, 1.807) is 17.7 Å². The Hall–Kier alpha value is -3.05. The normalized spacial score (nSPS) is 16.4. The maximum atomic E-state index is 12.5. The summed E-state index contributed by atoms with van der Waals surface area (Å²) in [5.41, 5.74) is 6.76. The number of nitrogens with one attached hydrogen (secondary N) is 1. The van der Waals surface area contributed by atoms with Gasteiger partial charge in [-0.2, -0.15) is 0 Å². The summed E-state index contributed by atoms with van der Waals surface area (Å²) in [7, 11) is 1.64. The molecule has 1 N–H and O–H groups in total. The van der Waals surface area contributed by atoms with E-state index in [1.165, 1.54) is 0 Å². The predicted octanol–water partition coefficient (Wildman–Crippen LogP) is 3.26. The molecule has 0 radical (unpaired) electrons. The van der Waals surface area contributed by atoms with E-state index < -0.39 is 0 Å². The molecule has 0 spiro atoms. The molecule has 0 aliphatic carbocycles. The Morgan fingerprint density at radius 2 is 1.92 bits per heavy atom. The monoisotopic (exact) mass is 348 g/mol. The van der Waals surface area contributed by atoms with Crippen LogP contribution in [0, 0.1) is 6.92 Å². The largest absolute Gasteiger partial charge is 0.497 e. The van der Waals surface area contributed by atoms with Crippen molar-refractivity contribution in [2.45, 2.75) is 19.6 Å². The topological polar surface area (TPSA) is 52.5 Å². The van der Waals surface area contributed by atoms with Crippen molar-refractivity contribution >= 4 is 16.6 Å². The number of para-hydroxylation sites is 1. The van der Waals surface area contributed by atoms with Crippen LogP contribution in [-0.2, 0) is 11.4 Å². The first-order valence-corrected chi connectivity index (χ1v) is 8.53. The maximum absolute atomic E-state index is 12.5. The summed E-state index contributed by atoms with van der Waals surface area (Å²) < 4.78 is 6.95. The summed E-state index contributed by atoms with van der Waals surface area (Å²) in [6.07, 6.45) is 1.78. The molecule has 132 valence electrons. The average molecular weight is 348 g/mol. The van der Waals surface area contributed by atoms with Crippen LogP contribution >= 0.6 is 0 Å². The van der Waals surface area contributed by atoms with Crippen LogP contribution in [0.5, 0.6) is 5.75 Å². The number of rotatable bonds is 4. The smallest absolute Gasteiger partial charge is 0.251 e. The lowest BCUT2D eigenvalue weighted by Gasteiger charge is -2.14. The highest BCUT2D eigenvalue weighted by Gasteiger charge is 2.19. The van der Waals surface area contributed by atoms with E-state index >= 15 is 0 Å². The average Bonchev–Trinajstić information content (AvgIpc) is 3.14. The number of methoxy groups -OCH3 is 1. The first-order chi connectivity index (χ1) is 12.7. The third-order valence-corrected chi connectivity index (χ3v) is 4.66. The van der Waals surface area contributed by atoms with E-state index in [9.17, 15) is 4.79 Å². The van der Waals surface area contributed by atoms with E-state index in [1.807, 2.05) is 61.5 Å². The molecule has 0 saturated carbocycles. The van der Waals surface area contributed by atoms with Gasteiger partial charge in [0, 0.05) is 11.5 Å². The molecule has 0 amide bonds. The number of hydroxylamine groups is 1. The van der Waals surface area contributed by atoms with Crippen LogP contribution in [0.2, 0.25) is 0 Å². The van der Waals surface area contributed by atoms with Crippen molar-refractivity contribution in [1.82, 2.24) is 10.0 Å². The van der Waals surface area contributed by atoms with Crippen LogP contribution in [0.4, 0.5) is 0 Å². The van der Waals surface area contributed by atoms with Crippen molar-refractivity contribution in [2.75, 3.05) is 7.11 Å². The van der Waals surface area contributed by atoms with E-state index in [2.05, 4.69) is 5.48 Å². The molecule has 5 heteroatoms. The van der Waals surface area contributed by atoms with Crippen molar-refractivity contribution in [1.29, 1.82) is 0 Å². The van der Waals surface area contributed by atoms with Crippen LogP contribution in [0.3, 0.4) is 0 Å². The number of fused-ring (bicyclic) bond motifs is 1. The second-order valence-electron chi connectivity index (χ2n) is 6.36. The lowest BCUT2D eigenvalue weighted by atomic mass is 10.1. The SMILES string of the molecule is COc1ccc(C2=C[C@H](Cn3c(=O)cc(C)c4ccccc43)ON2)cc1. The highest BCUT2D eigenvalue weighted by molar-refractivity contribution is 5.82. The molecular formula is C21H20N2O3. The lowest BCUT2D eigenvalue weighted by Crippen LogP contribution is -2.27. The number of benzene rings is 2. The molecule has 1 atom stereocenters. The van der Waals surface area contributed by atoms with Gasteiger partial charge in [0.2, 0.25) is 0 Å². The first-order valence-electron chi connectivity index (χ1n) is 8.53. The Balaban J connectivity index is 1.63. The number of aryl methyl sites for hydroxylation is 1. The predicted molar refractivity (Wildman–Crippen MR) is 102 cm³/mol. The van der Waals surface area contributed by atoms with Crippen LogP contribution < -0.4 is 15.8 Å². The van der Waals surface area contributed by atoms with E-state index in [0.29, 0.717) is 6.54 Å². The molecular weight excluding hydrogens is 328 g/mol. The molecule has 0 unspecified atom stereocenters. The van der Waals surface area contributed by atoms with Gasteiger partial charge in [-0.05, 0) is 54.5 Å². The first kappa shape index (κ1) is 16.4. The lowest BCUT2D eigenvalue weighted by molar-refractivity contribution is 0.0419. The van der Waals surface area contributed by atoms with Crippen LogP contribution in [0.25, 0.3) is 16.6 Å². The molecule has 2 heterocycles. The van der Waals surface area contributed by atoms with Gasteiger partial charge in [0.15, 0.2) is 0 Å². The zero-order valence-corrected chi connectivity index (χ0v) is 14.7. The molecule has 5 nitrogen and oxygen atoms in total. The zero-order chi connectivity index (χ0) is 18.1. The van der Waals surface area contributed by atoms with Gasteiger partial charge in [0.25, 0.3) is 5.56 Å². The minimum absolute atomic E-state index is 0.0175. The minimum Gasteiger partial charge on any atom is -0.497 e.